The number of carbonyl (C=O) groups is 1. The Morgan fingerprint density at radius 2 is 1.72 bits per heavy atom. The monoisotopic (exact) mass is 541 g/mol. The van der Waals surface area contributed by atoms with E-state index in [-0.39, 0.29) is 17.3 Å². The maximum Gasteiger partial charge on any atom is 0.310 e. The number of aromatic nitrogens is 1. The van der Waals surface area contributed by atoms with E-state index in [2.05, 4.69) is 79.5 Å². The lowest BCUT2D eigenvalue weighted by Crippen LogP contribution is -2.46. The average molecular weight is 542 g/mol. The number of para-hydroxylation sites is 1. The number of hydrogen-bond donors (Lipinski definition) is 1. The normalized spacial score (nSPS) is 18.2. The fourth-order valence-electron chi connectivity index (χ4n) is 5.08. The van der Waals surface area contributed by atoms with Crippen LogP contribution in [0.25, 0.3) is 10.9 Å². The van der Waals surface area contributed by atoms with Crippen LogP contribution in [-0.2, 0) is 16.1 Å². The van der Waals surface area contributed by atoms with Gasteiger partial charge in [0.05, 0.1) is 13.0 Å². The van der Waals surface area contributed by atoms with E-state index >= 15 is 0 Å². The van der Waals surface area contributed by atoms with Crippen LogP contribution in [-0.4, -0.2) is 60.6 Å². The first kappa shape index (κ1) is 36.6. The van der Waals surface area contributed by atoms with Crippen LogP contribution in [0.1, 0.15) is 80.7 Å². The molecule has 1 N–H and O–H groups in total. The lowest BCUT2D eigenvalue weighted by Gasteiger charge is -2.41. The zero-order valence-corrected chi connectivity index (χ0v) is 26.8. The van der Waals surface area contributed by atoms with Crippen molar-refractivity contribution < 1.29 is 9.53 Å². The van der Waals surface area contributed by atoms with Crippen molar-refractivity contribution in [2.24, 2.45) is 17.3 Å². The van der Waals surface area contributed by atoms with Crippen molar-refractivity contribution in [3.05, 3.63) is 60.8 Å². The van der Waals surface area contributed by atoms with E-state index in [1.54, 1.807) is 6.08 Å². The van der Waals surface area contributed by atoms with Gasteiger partial charge in [-0.05, 0) is 56.9 Å². The van der Waals surface area contributed by atoms with Gasteiger partial charge in [-0.2, -0.15) is 0 Å². The van der Waals surface area contributed by atoms with Gasteiger partial charge in [-0.1, -0.05) is 98.4 Å². The van der Waals surface area contributed by atoms with Crippen molar-refractivity contribution >= 4 is 16.9 Å². The summed E-state index contributed by atoms with van der Waals surface area (Å²) in [6.45, 7) is 28.1. The molecule has 1 aromatic heterocycles. The molecular weight excluding hydrogens is 482 g/mol. The Bertz CT molecular complexity index is 936. The van der Waals surface area contributed by atoms with Gasteiger partial charge in [-0.25, -0.2) is 0 Å². The molecule has 5 nitrogen and oxygen atoms in total. The van der Waals surface area contributed by atoms with Crippen molar-refractivity contribution in [1.82, 2.24) is 14.8 Å². The Morgan fingerprint density at radius 1 is 1.13 bits per heavy atom. The number of likely N-dealkylation sites (tertiary alicyclic amines) is 2. The minimum absolute atomic E-state index is 0.0222. The van der Waals surface area contributed by atoms with Gasteiger partial charge in [0.15, 0.2) is 0 Å². The Hall–Kier alpha value is -2.37. The van der Waals surface area contributed by atoms with Gasteiger partial charge in [-0.3, -0.25) is 9.69 Å². The highest BCUT2D eigenvalue weighted by Crippen LogP contribution is 2.45. The topological polar surface area (TPSA) is 48.6 Å². The SMILES string of the molecule is C=C/C=C\C.CC.CC.CC(C)C.CCN1CC(C(=O)OC)C2(CCN(Cc3c[nH]c4ccccc34)CC2)C1. The van der Waals surface area contributed by atoms with Crippen LogP contribution in [0.3, 0.4) is 0 Å². The summed E-state index contributed by atoms with van der Waals surface area (Å²) in [5.41, 5.74) is 2.67. The number of rotatable bonds is 5. The van der Waals surface area contributed by atoms with Gasteiger partial charge >= 0.3 is 5.97 Å². The third-order valence-electron chi connectivity index (χ3n) is 6.90. The Labute approximate surface area is 240 Å². The second-order valence-corrected chi connectivity index (χ2v) is 10.4. The molecule has 2 aliphatic heterocycles. The molecule has 0 saturated carbocycles. The zero-order valence-electron chi connectivity index (χ0n) is 26.8. The van der Waals surface area contributed by atoms with E-state index in [1.165, 1.54) is 23.6 Å². The van der Waals surface area contributed by atoms with Gasteiger partial charge in [0.25, 0.3) is 0 Å². The number of H-pyrrole nitrogens is 1. The van der Waals surface area contributed by atoms with E-state index in [1.807, 2.05) is 46.8 Å². The first-order valence-corrected chi connectivity index (χ1v) is 15.1. The lowest BCUT2D eigenvalue weighted by molar-refractivity contribution is -0.149. The van der Waals surface area contributed by atoms with E-state index in [9.17, 15) is 4.79 Å². The molecule has 5 heteroatoms. The number of nitrogens with one attached hydrogen (secondary N) is 1. The highest BCUT2D eigenvalue weighted by atomic mass is 16.5. The van der Waals surface area contributed by atoms with E-state index in [4.69, 9.17) is 4.74 Å². The molecule has 2 fully saturated rings. The Morgan fingerprint density at radius 3 is 2.21 bits per heavy atom. The molecule has 2 saturated heterocycles. The van der Waals surface area contributed by atoms with Crippen LogP contribution < -0.4 is 0 Å². The van der Waals surface area contributed by atoms with Gasteiger partial charge in [0.2, 0.25) is 0 Å². The molecule has 0 bridgehead atoms. The van der Waals surface area contributed by atoms with Crippen molar-refractivity contribution in [1.29, 1.82) is 0 Å². The van der Waals surface area contributed by atoms with Crippen LogP contribution in [0.15, 0.2) is 55.3 Å². The third-order valence-corrected chi connectivity index (χ3v) is 6.90. The van der Waals surface area contributed by atoms with Crippen LogP contribution in [0.5, 0.6) is 0 Å². The van der Waals surface area contributed by atoms with Crippen LogP contribution in [0, 0.1) is 17.3 Å². The lowest BCUT2D eigenvalue weighted by atomic mass is 9.70. The number of piperidine rings is 1. The molecule has 1 atom stereocenters. The first-order valence-electron chi connectivity index (χ1n) is 15.1. The highest BCUT2D eigenvalue weighted by Gasteiger charge is 2.51. The number of methoxy groups -OCH3 is 1. The molecule has 2 aliphatic rings. The quantitative estimate of drug-likeness (QED) is 0.305. The van der Waals surface area contributed by atoms with Crippen molar-refractivity contribution in [3.63, 3.8) is 0 Å². The van der Waals surface area contributed by atoms with E-state index < -0.39 is 0 Å². The molecule has 1 unspecified atom stereocenters. The zero-order chi connectivity index (χ0) is 29.8. The molecule has 0 radical (unpaired) electrons. The maximum absolute atomic E-state index is 12.4. The van der Waals surface area contributed by atoms with Crippen LogP contribution >= 0.6 is 0 Å². The summed E-state index contributed by atoms with van der Waals surface area (Å²) < 4.78 is 5.13. The fraction of sp³-hybridized carbons (Fsp3) is 0.618. The van der Waals surface area contributed by atoms with Gasteiger partial charge in [0, 0.05) is 42.1 Å². The number of esters is 1. The standard InChI is InChI=1S/C21H29N3O2.C5H8.C4H10.2C2H6/c1-3-23-14-18(20(25)26-2)21(15-23)8-10-24(11-9-21)13-16-12-22-19-7-5-4-6-17(16)19;1-3-5-4-2;1-4(2)3;2*1-2/h4-7,12,18,22H,3,8-11,13-15H2,1-2H3;3-5H,1H2,2H3;4H,1-3H3;2*1-2H3/b;5-4-;;;. The van der Waals surface area contributed by atoms with Gasteiger partial charge in [-0.15, -0.1) is 0 Å². The highest BCUT2D eigenvalue weighted by molar-refractivity contribution is 5.83. The summed E-state index contributed by atoms with van der Waals surface area (Å²) in [4.78, 5) is 20.7. The van der Waals surface area contributed by atoms with Gasteiger partial charge in [0.1, 0.15) is 0 Å². The Balaban J connectivity index is 0.000000946. The second-order valence-electron chi connectivity index (χ2n) is 10.4. The van der Waals surface area contributed by atoms with Crippen molar-refractivity contribution in [3.8, 4) is 0 Å². The minimum atomic E-state index is -0.0222. The fourth-order valence-corrected chi connectivity index (χ4v) is 5.08. The van der Waals surface area contributed by atoms with E-state index in [0.717, 1.165) is 58.0 Å². The minimum Gasteiger partial charge on any atom is -0.469 e. The van der Waals surface area contributed by atoms with Crippen LogP contribution in [0.2, 0.25) is 0 Å². The molecule has 1 spiro atoms. The van der Waals surface area contributed by atoms with Crippen molar-refractivity contribution in [2.45, 2.75) is 81.7 Å². The molecule has 3 heterocycles. The Kier molecular flexibility index (Phi) is 19.3. The van der Waals surface area contributed by atoms with Crippen LogP contribution in [0.4, 0.5) is 0 Å². The third kappa shape index (κ3) is 11.7. The molecule has 222 valence electrons. The molecule has 1 aromatic carbocycles. The van der Waals surface area contributed by atoms with E-state index in [0.29, 0.717) is 0 Å². The number of nitrogens with zero attached hydrogens (tertiary/aromatic N) is 2. The smallest absolute Gasteiger partial charge is 0.310 e. The molecule has 2 aromatic rings. The number of aromatic amines is 1. The first-order chi connectivity index (χ1) is 18.8. The number of fused-ring (bicyclic) bond motifs is 1. The summed E-state index contributed by atoms with van der Waals surface area (Å²) in [6.07, 6.45) is 9.87. The summed E-state index contributed by atoms with van der Waals surface area (Å²) in [7, 11) is 1.52. The number of allylic oxidation sites excluding steroid dienone is 3. The predicted molar refractivity (Wildman–Crippen MR) is 171 cm³/mol. The number of hydrogen-bond acceptors (Lipinski definition) is 4. The molecular formula is C34H59N3O2. The molecule has 39 heavy (non-hydrogen) atoms. The maximum atomic E-state index is 12.4. The number of carbonyl (C=O) groups excluding carboxylic acids is 1. The molecule has 4 rings (SSSR count). The van der Waals surface area contributed by atoms with Crippen molar-refractivity contribution in [2.75, 3.05) is 39.8 Å². The molecule has 0 aliphatic carbocycles. The number of benzene rings is 1. The average Bonchev–Trinajstić information content (AvgIpc) is 3.54. The summed E-state index contributed by atoms with van der Waals surface area (Å²) in [5, 5.41) is 1.32. The molecule has 0 amide bonds. The number of ether oxygens (including phenoxy) is 1. The summed E-state index contributed by atoms with van der Waals surface area (Å²) in [6, 6.07) is 8.49. The summed E-state index contributed by atoms with van der Waals surface area (Å²) in [5.74, 6) is 0.841. The summed E-state index contributed by atoms with van der Waals surface area (Å²) >= 11 is 0. The van der Waals surface area contributed by atoms with Gasteiger partial charge < -0.3 is 14.6 Å². The predicted octanol–water partition coefficient (Wildman–Crippen LogP) is 8.34. The second kappa shape index (κ2) is 20.5. The largest absolute Gasteiger partial charge is 0.469 e.